The second-order valence-electron chi connectivity index (χ2n) is 6.61. The summed E-state index contributed by atoms with van der Waals surface area (Å²) in [6.07, 6.45) is 6.32. The zero-order chi connectivity index (χ0) is 19.1. The maximum atomic E-state index is 11.1. The summed E-state index contributed by atoms with van der Waals surface area (Å²) >= 11 is 0. The predicted octanol–water partition coefficient (Wildman–Crippen LogP) is 2.00. The molecular formula is C20H24N4O3. The van der Waals surface area contributed by atoms with Gasteiger partial charge in [-0.15, -0.1) is 0 Å². The van der Waals surface area contributed by atoms with Crippen molar-refractivity contribution in [1.82, 2.24) is 15.8 Å². The lowest BCUT2D eigenvalue weighted by Gasteiger charge is -2.31. The maximum Gasteiger partial charge on any atom is 0.267 e. The number of nitrogens with zero attached hydrogens (tertiary/aromatic N) is 1. The molecule has 1 aromatic heterocycles. The quantitative estimate of drug-likeness (QED) is 0.339. The average molecular weight is 368 g/mol. The molecule has 1 fully saturated rings. The average Bonchev–Trinajstić information content (AvgIpc) is 3.15. The van der Waals surface area contributed by atoms with Crippen molar-refractivity contribution in [2.75, 3.05) is 25.5 Å². The van der Waals surface area contributed by atoms with E-state index in [2.05, 4.69) is 21.7 Å². The van der Waals surface area contributed by atoms with Gasteiger partial charge in [-0.05, 0) is 48.4 Å². The number of nitrogens with one attached hydrogen (secondary N) is 3. The molecule has 2 heterocycles. The molecule has 0 unspecified atom stereocenters. The number of benzene rings is 1. The first-order valence-corrected chi connectivity index (χ1v) is 8.83. The topological polar surface area (TPSA) is 95.5 Å². The number of hydroxylamine groups is 1. The summed E-state index contributed by atoms with van der Waals surface area (Å²) in [4.78, 5) is 15.5. The summed E-state index contributed by atoms with van der Waals surface area (Å²) in [7, 11) is 1.69. The van der Waals surface area contributed by atoms with E-state index >= 15 is 0 Å². The van der Waals surface area contributed by atoms with E-state index in [9.17, 15) is 4.79 Å². The Labute approximate surface area is 158 Å². The SMILES string of the molecule is COc1ccccc1C[C@@]1(Nc2ccc(/C=C/C(=O)NO)cn2)CCNC1. The van der Waals surface area contributed by atoms with Gasteiger partial charge in [-0.2, -0.15) is 0 Å². The molecular weight excluding hydrogens is 344 g/mol. The van der Waals surface area contributed by atoms with E-state index in [0.717, 1.165) is 48.6 Å². The van der Waals surface area contributed by atoms with Crippen molar-refractivity contribution in [3.8, 4) is 5.75 Å². The number of carbonyl (C=O) groups is 1. The van der Waals surface area contributed by atoms with Crippen LogP contribution in [0.5, 0.6) is 5.75 Å². The van der Waals surface area contributed by atoms with E-state index in [1.807, 2.05) is 30.3 Å². The minimum Gasteiger partial charge on any atom is -0.496 e. The highest BCUT2D eigenvalue weighted by Gasteiger charge is 2.35. The Morgan fingerprint density at radius 3 is 2.89 bits per heavy atom. The summed E-state index contributed by atoms with van der Waals surface area (Å²) < 4.78 is 5.50. The second kappa shape index (κ2) is 8.66. The van der Waals surface area contributed by atoms with Gasteiger partial charge in [0, 0.05) is 25.2 Å². The third-order valence-corrected chi connectivity index (χ3v) is 4.68. The Morgan fingerprint density at radius 2 is 2.22 bits per heavy atom. The van der Waals surface area contributed by atoms with Crippen LogP contribution in [0.2, 0.25) is 0 Å². The second-order valence-corrected chi connectivity index (χ2v) is 6.61. The minimum absolute atomic E-state index is 0.143. The molecule has 1 atom stereocenters. The number of anilines is 1. The summed E-state index contributed by atoms with van der Waals surface area (Å²) in [5.41, 5.74) is 3.34. The first-order valence-electron chi connectivity index (χ1n) is 8.83. The van der Waals surface area contributed by atoms with Crippen LogP contribution in [0.1, 0.15) is 17.5 Å². The molecule has 3 rings (SSSR count). The number of carbonyl (C=O) groups excluding carboxylic acids is 1. The molecule has 142 valence electrons. The highest BCUT2D eigenvalue weighted by Crippen LogP contribution is 2.29. The van der Waals surface area contributed by atoms with E-state index in [0.29, 0.717) is 0 Å². The van der Waals surface area contributed by atoms with Crippen molar-refractivity contribution in [3.63, 3.8) is 0 Å². The standard InChI is InChI=1S/C20H24N4O3/c1-27-17-5-3-2-4-16(17)12-20(10-11-21-14-20)23-18-8-6-15(13-22-18)7-9-19(25)24-26/h2-9,13,21,26H,10-12,14H2,1H3,(H,22,23)(H,24,25)/b9-7+/t20-/m0/s1. The van der Waals surface area contributed by atoms with Crippen LogP contribution in [-0.2, 0) is 11.2 Å². The molecule has 7 nitrogen and oxygen atoms in total. The van der Waals surface area contributed by atoms with Crippen molar-refractivity contribution in [1.29, 1.82) is 0 Å². The zero-order valence-corrected chi connectivity index (χ0v) is 15.2. The van der Waals surface area contributed by atoms with Gasteiger partial charge in [0.05, 0.1) is 12.6 Å². The first kappa shape index (κ1) is 18.9. The molecule has 27 heavy (non-hydrogen) atoms. The number of aromatic nitrogens is 1. The van der Waals surface area contributed by atoms with Gasteiger partial charge >= 0.3 is 0 Å². The fraction of sp³-hybridized carbons (Fsp3) is 0.300. The molecule has 1 saturated heterocycles. The summed E-state index contributed by atoms with van der Waals surface area (Å²) in [5.74, 6) is 1.09. The van der Waals surface area contributed by atoms with Crippen molar-refractivity contribution >= 4 is 17.8 Å². The number of amides is 1. The number of hydrogen-bond donors (Lipinski definition) is 4. The molecule has 4 N–H and O–H groups in total. The van der Waals surface area contributed by atoms with E-state index in [1.165, 1.54) is 6.08 Å². The molecule has 0 radical (unpaired) electrons. The van der Waals surface area contributed by atoms with Crippen LogP contribution >= 0.6 is 0 Å². The molecule has 1 aliphatic rings. The Morgan fingerprint density at radius 1 is 1.37 bits per heavy atom. The van der Waals surface area contributed by atoms with Crippen LogP contribution in [0.4, 0.5) is 5.82 Å². The molecule has 0 saturated carbocycles. The smallest absolute Gasteiger partial charge is 0.267 e. The molecule has 1 amide bonds. The monoisotopic (exact) mass is 368 g/mol. The fourth-order valence-electron chi connectivity index (χ4n) is 3.32. The number of hydrogen-bond acceptors (Lipinski definition) is 6. The van der Waals surface area contributed by atoms with Crippen molar-refractivity contribution in [2.45, 2.75) is 18.4 Å². The Kier molecular flexibility index (Phi) is 6.05. The van der Waals surface area contributed by atoms with Crippen LogP contribution in [0.15, 0.2) is 48.7 Å². The maximum absolute atomic E-state index is 11.1. The number of pyridine rings is 1. The largest absolute Gasteiger partial charge is 0.496 e. The number of para-hydroxylation sites is 1. The summed E-state index contributed by atoms with van der Waals surface area (Å²) in [5, 5.41) is 15.5. The first-order chi connectivity index (χ1) is 13.1. The van der Waals surface area contributed by atoms with Crippen LogP contribution in [-0.4, -0.2) is 41.8 Å². The normalized spacial score (nSPS) is 19.2. The van der Waals surface area contributed by atoms with Gasteiger partial charge < -0.3 is 15.4 Å². The zero-order valence-electron chi connectivity index (χ0n) is 15.2. The van der Waals surface area contributed by atoms with Gasteiger partial charge in [-0.3, -0.25) is 10.0 Å². The Bertz CT molecular complexity index is 799. The minimum atomic E-state index is -0.579. The third kappa shape index (κ3) is 4.84. The van der Waals surface area contributed by atoms with Crippen LogP contribution in [0, 0.1) is 0 Å². The van der Waals surface area contributed by atoms with Gasteiger partial charge in [-0.1, -0.05) is 18.2 Å². The van der Waals surface area contributed by atoms with Gasteiger partial charge in [0.15, 0.2) is 0 Å². The number of ether oxygens (including phenoxy) is 1. The lowest BCUT2D eigenvalue weighted by Crippen LogP contribution is -2.43. The molecule has 1 aliphatic heterocycles. The molecule has 7 heteroatoms. The van der Waals surface area contributed by atoms with Crippen molar-refractivity contribution in [2.24, 2.45) is 0 Å². The van der Waals surface area contributed by atoms with Crippen LogP contribution < -0.4 is 20.9 Å². The molecule has 1 aromatic carbocycles. The Balaban J connectivity index is 1.74. The lowest BCUT2D eigenvalue weighted by molar-refractivity contribution is -0.124. The highest BCUT2D eigenvalue weighted by molar-refractivity contribution is 5.90. The highest BCUT2D eigenvalue weighted by atomic mass is 16.5. The van der Waals surface area contributed by atoms with E-state index in [1.54, 1.807) is 24.9 Å². The van der Waals surface area contributed by atoms with Gasteiger partial charge in [0.25, 0.3) is 5.91 Å². The molecule has 2 aromatic rings. The summed E-state index contributed by atoms with van der Waals surface area (Å²) in [6, 6.07) is 11.8. The van der Waals surface area contributed by atoms with Crippen LogP contribution in [0.25, 0.3) is 6.08 Å². The molecule has 0 bridgehead atoms. The van der Waals surface area contributed by atoms with E-state index in [-0.39, 0.29) is 5.54 Å². The molecule has 0 spiro atoms. The van der Waals surface area contributed by atoms with Crippen molar-refractivity contribution < 1.29 is 14.7 Å². The summed E-state index contributed by atoms with van der Waals surface area (Å²) in [6.45, 7) is 1.78. The predicted molar refractivity (Wildman–Crippen MR) is 104 cm³/mol. The van der Waals surface area contributed by atoms with E-state index in [4.69, 9.17) is 9.94 Å². The Hall–Kier alpha value is -2.90. The molecule has 0 aliphatic carbocycles. The fourth-order valence-corrected chi connectivity index (χ4v) is 3.32. The van der Waals surface area contributed by atoms with Gasteiger partial charge in [0.1, 0.15) is 11.6 Å². The number of rotatable bonds is 7. The third-order valence-electron chi connectivity index (χ3n) is 4.68. The number of methoxy groups -OCH3 is 1. The lowest BCUT2D eigenvalue weighted by atomic mass is 9.89. The van der Waals surface area contributed by atoms with Gasteiger partial charge in [-0.25, -0.2) is 10.5 Å². The van der Waals surface area contributed by atoms with E-state index < -0.39 is 5.91 Å². The van der Waals surface area contributed by atoms with Crippen LogP contribution in [0.3, 0.4) is 0 Å². The van der Waals surface area contributed by atoms with Crippen molar-refractivity contribution in [3.05, 3.63) is 59.8 Å². The van der Waals surface area contributed by atoms with Gasteiger partial charge in [0.2, 0.25) is 0 Å².